The van der Waals surface area contributed by atoms with Gasteiger partial charge in [0.2, 0.25) is 6.08 Å². The van der Waals surface area contributed by atoms with Gasteiger partial charge in [-0.15, -0.1) is 0 Å². The van der Waals surface area contributed by atoms with Gasteiger partial charge in [0.05, 0.1) is 18.4 Å². The minimum atomic E-state index is -0.523. The maximum atomic E-state index is 11.5. The van der Waals surface area contributed by atoms with Gasteiger partial charge >= 0.3 is 5.97 Å². The quantitative estimate of drug-likeness (QED) is 0.450. The summed E-state index contributed by atoms with van der Waals surface area (Å²) in [6.45, 7) is 0. The Balaban J connectivity index is 2.81. The van der Waals surface area contributed by atoms with E-state index in [0.717, 1.165) is 10.8 Å². The van der Waals surface area contributed by atoms with Gasteiger partial charge in [-0.05, 0) is 11.5 Å². The standard InChI is InChI=1S/C13H9NO3/c1-17-13(16)11-7-6-9-4-2-3-5-10(9)12(11)14-8-15/h2-7H,1H3. The van der Waals surface area contributed by atoms with E-state index in [0.29, 0.717) is 5.69 Å². The molecule has 0 spiro atoms. The molecule has 0 aromatic heterocycles. The van der Waals surface area contributed by atoms with Crippen LogP contribution in [0.3, 0.4) is 0 Å². The van der Waals surface area contributed by atoms with Crippen LogP contribution < -0.4 is 0 Å². The molecule has 2 aromatic carbocycles. The highest BCUT2D eigenvalue weighted by Gasteiger charge is 2.14. The lowest BCUT2D eigenvalue weighted by Gasteiger charge is -2.06. The Morgan fingerprint density at radius 1 is 1.24 bits per heavy atom. The molecule has 0 N–H and O–H groups in total. The van der Waals surface area contributed by atoms with Gasteiger partial charge in [0.25, 0.3) is 0 Å². The molecule has 0 amide bonds. The highest BCUT2D eigenvalue weighted by atomic mass is 16.5. The van der Waals surface area contributed by atoms with Crippen LogP contribution in [0.4, 0.5) is 5.69 Å². The minimum absolute atomic E-state index is 0.259. The number of aliphatic imine (C=N–C) groups is 1. The number of rotatable bonds is 2. The van der Waals surface area contributed by atoms with Gasteiger partial charge < -0.3 is 4.74 Å². The van der Waals surface area contributed by atoms with Crippen molar-refractivity contribution < 1.29 is 14.3 Å². The SMILES string of the molecule is COC(=O)c1ccc2ccccc2c1N=C=O. The fraction of sp³-hybridized carbons (Fsp3) is 0.0769. The van der Waals surface area contributed by atoms with Gasteiger partial charge in [0.15, 0.2) is 0 Å². The molecule has 0 heterocycles. The van der Waals surface area contributed by atoms with E-state index in [1.165, 1.54) is 13.2 Å². The van der Waals surface area contributed by atoms with Crippen LogP contribution in [-0.2, 0) is 9.53 Å². The summed E-state index contributed by atoms with van der Waals surface area (Å²) in [6.07, 6.45) is 1.46. The van der Waals surface area contributed by atoms with E-state index in [-0.39, 0.29) is 5.56 Å². The molecule has 0 unspecified atom stereocenters. The fourth-order valence-corrected chi connectivity index (χ4v) is 1.70. The average Bonchev–Trinajstić information content (AvgIpc) is 2.38. The van der Waals surface area contributed by atoms with E-state index < -0.39 is 5.97 Å². The normalized spacial score (nSPS) is 9.71. The molecule has 0 aliphatic heterocycles. The summed E-state index contributed by atoms with van der Waals surface area (Å²) < 4.78 is 4.64. The molecule has 0 aliphatic carbocycles. The summed E-state index contributed by atoms with van der Waals surface area (Å²) in [5.41, 5.74) is 0.555. The largest absolute Gasteiger partial charge is 0.465 e. The zero-order valence-electron chi connectivity index (χ0n) is 9.14. The second-order valence-corrected chi connectivity index (χ2v) is 3.38. The summed E-state index contributed by atoms with van der Waals surface area (Å²) in [5.74, 6) is -0.523. The Kier molecular flexibility index (Phi) is 2.99. The maximum Gasteiger partial charge on any atom is 0.340 e. The lowest BCUT2D eigenvalue weighted by atomic mass is 10.0. The number of benzene rings is 2. The monoisotopic (exact) mass is 227 g/mol. The van der Waals surface area contributed by atoms with E-state index in [9.17, 15) is 9.59 Å². The molecule has 0 saturated carbocycles. The Hall–Kier alpha value is -2.45. The number of methoxy groups -OCH3 is 1. The first kappa shape index (κ1) is 11.0. The van der Waals surface area contributed by atoms with Crippen LogP contribution in [0.1, 0.15) is 10.4 Å². The van der Waals surface area contributed by atoms with Gasteiger partial charge in [-0.3, -0.25) is 0 Å². The van der Waals surface area contributed by atoms with Gasteiger partial charge in [0, 0.05) is 5.39 Å². The first-order valence-electron chi connectivity index (χ1n) is 4.96. The number of esters is 1. The van der Waals surface area contributed by atoms with E-state index in [4.69, 9.17) is 0 Å². The molecule has 0 fully saturated rings. The minimum Gasteiger partial charge on any atom is -0.465 e. The van der Waals surface area contributed by atoms with E-state index in [1.807, 2.05) is 18.2 Å². The molecule has 0 aliphatic rings. The maximum absolute atomic E-state index is 11.5. The summed E-state index contributed by atoms with van der Waals surface area (Å²) in [4.78, 5) is 25.6. The van der Waals surface area contributed by atoms with Crippen molar-refractivity contribution in [2.24, 2.45) is 4.99 Å². The van der Waals surface area contributed by atoms with E-state index in [1.54, 1.807) is 18.2 Å². The predicted molar refractivity (Wildman–Crippen MR) is 63.1 cm³/mol. The van der Waals surface area contributed by atoms with E-state index >= 15 is 0 Å². The van der Waals surface area contributed by atoms with Crippen molar-refractivity contribution >= 4 is 28.5 Å². The summed E-state index contributed by atoms with van der Waals surface area (Å²) in [5, 5.41) is 1.62. The van der Waals surface area contributed by atoms with Crippen molar-refractivity contribution in [2.45, 2.75) is 0 Å². The van der Waals surface area contributed by atoms with Crippen molar-refractivity contribution in [3.8, 4) is 0 Å². The lowest BCUT2D eigenvalue weighted by molar-refractivity contribution is 0.0602. The number of fused-ring (bicyclic) bond motifs is 1. The highest BCUT2D eigenvalue weighted by Crippen LogP contribution is 2.30. The number of hydrogen-bond acceptors (Lipinski definition) is 4. The first-order chi connectivity index (χ1) is 8.27. The third-order valence-corrected chi connectivity index (χ3v) is 2.46. The Bertz CT molecular complexity index is 628. The van der Waals surface area contributed by atoms with Crippen LogP contribution >= 0.6 is 0 Å². The average molecular weight is 227 g/mol. The Labute approximate surface area is 97.5 Å². The first-order valence-corrected chi connectivity index (χ1v) is 4.96. The lowest BCUT2D eigenvalue weighted by Crippen LogP contribution is -2.01. The second kappa shape index (κ2) is 4.60. The second-order valence-electron chi connectivity index (χ2n) is 3.38. The number of carbonyl (C=O) groups is 1. The number of isocyanates is 1. The zero-order chi connectivity index (χ0) is 12.3. The molecular formula is C13H9NO3. The van der Waals surface area contributed by atoms with Crippen molar-refractivity contribution in [3.63, 3.8) is 0 Å². The van der Waals surface area contributed by atoms with Crippen molar-refractivity contribution in [3.05, 3.63) is 42.0 Å². The van der Waals surface area contributed by atoms with Gasteiger partial charge in [-0.25, -0.2) is 9.59 Å². The van der Waals surface area contributed by atoms with Crippen LogP contribution in [-0.4, -0.2) is 19.2 Å². The number of hydrogen-bond donors (Lipinski definition) is 0. The van der Waals surface area contributed by atoms with Crippen LogP contribution in [0.2, 0.25) is 0 Å². The van der Waals surface area contributed by atoms with E-state index in [2.05, 4.69) is 9.73 Å². The van der Waals surface area contributed by atoms with Crippen LogP contribution in [0.25, 0.3) is 10.8 Å². The van der Waals surface area contributed by atoms with Gasteiger partial charge in [0.1, 0.15) is 0 Å². The molecule has 17 heavy (non-hydrogen) atoms. The van der Waals surface area contributed by atoms with Crippen molar-refractivity contribution in [2.75, 3.05) is 7.11 Å². The summed E-state index contributed by atoms with van der Waals surface area (Å²) in [7, 11) is 1.28. The van der Waals surface area contributed by atoms with Crippen LogP contribution in [0, 0.1) is 0 Å². The highest BCUT2D eigenvalue weighted by molar-refractivity contribution is 6.05. The van der Waals surface area contributed by atoms with Crippen LogP contribution in [0.5, 0.6) is 0 Å². The van der Waals surface area contributed by atoms with Crippen LogP contribution in [0.15, 0.2) is 41.4 Å². The molecule has 0 atom stereocenters. The molecule has 4 heteroatoms. The molecule has 4 nitrogen and oxygen atoms in total. The number of nitrogens with zero attached hydrogens (tertiary/aromatic N) is 1. The molecule has 0 saturated heterocycles. The predicted octanol–water partition coefficient (Wildman–Crippen LogP) is 2.59. The third kappa shape index (κ3) is 1.94. The smallest absolute Gasteiger partial charge is 0.340 e. The van der Waals surface area contributed by atoms with Gasteiger partial charge in [-0.2, -0.15) is 4.99 Å². The molecule has 2 aromatic rings. The summed E-state index contributed by atoms with van der Waals surface area (Å²) in [6, 6.07) is 10.7. The molecule has 0 bridgehead atoms. The molecule has 84 valence electrons. The summed E-state index contributed by atoms with van der Waals surface area (Å²) >= 11 is 0. The number of ether oxygens (including phenoxy) is 1. The Morgan fingerprint density at radius 3 is 2.71 bits per heavy atom. The fourth-order valence-electron chi connectivity index (χ4n) is 1.70. The van der Waals surface area contributed by atoms with Crippen molar-refractivity contribution in [1.82, 2.24) is 0 Å². The zero-order valence-corrected chi connectivity index (χ0v) is 9.14. The number of carbonyl (C=O) groups excluding carboxylic acids is 2. The molecular weight excluding hydrogens is 218 g/mol. The Morgan fingerprint density at radius 2 is 2.00 bits per heavy atom. The molecule has 2 rings (SSSR count). The topological polar surface area (TPSA) is 55.7 Å². The third-order valence-electron chi connectivity index (χ3n) is 2.46. The van der Waals surface area contributed by atoms with Crippen molar-refractivity contribution in [1.29, 1.82) is 0 Å². The molecule has 0 radical (unpaired) electrons. The van der Waals surface area contributed by atoms with Gasteiger partial charge in [-0.1, -0.05) is 30.3 Å².